The zero-order valence-electron chi connectivity index (χ0n) is 12.9. The molecular formula is C16H16F3N3O2. The summed E-state index contributed by atoms with van der Waals surface area (Å²) in [5.41, 5.74) is -0.793. The SMILES string of the molecule is Cc1ccc(-n2[nH]c(C(=O)NCC3(C(F)(F)F)CC3)cc2=O)cc1. The number of amides is 1. The van der Waals surface area contributed by atoms with E-state index < -0.39 is 29.6 Å². The minimum atomic E-state index is -4.33. The topological polar surface area (TPSA) is 66.9 Å². The van der Waals surface area contributed by atoms with Crippen molar-refractivity contribution in [3.63, 3.8) is 0 Å². The smallest absolute Gasteiger partial charge is 0.350 e. The third-order valence-electron chi connectivity index (χ3n) is 4.30. The molecule has 2 aromatic rings. The van der Waals surface area contributed by atoms with Gasteiger partial charge in [-0.2, -0.15) is 13.2 Å². The van der Waals surface area contributed by atoms with E-state index in [0.717, 1.165) is 11.6 Å². The fraction of sp³-hybridized carbons (Fsp3) is 0.375. The average molecular weight is 339 g/mol. The highest BCUT2D eigenvalue weighted by Crippen LogP contribution is 2.57. The van der Waals surface area contributed by atoms with Gasteiger partial charge in [-0.1, -0.05) is 17.7 Å². The minimum absolute atomic E-state index is 0.0116. The Morgan fingerprint density at radius 3 is 2.46 bits per heavy atom. The number of hydrogen-bond acceptors (Lipinski definition) is 2. The molecule has 0 bridgehead atoms. The van der Waals surface area contributed by atoms with Crippen molar-refractivity contribution in [2.24, 2.45) is 5.41 Å². The van der Waals surface area contributed by atoms with Gasteiger partial charge in [-0.05, 0) is 31.9 Å². The molecule has 1 heterocycles. The van der Waals surface area contributed by atoms with Crippen LogP contribution in [0.2, 0.25) is 0 Å². The van der Waals surface area contributed by atoms with Crippen LogP contribution in [0.5, 0.6) is 0 Å². The molecule has 0 spiro atoms. The highest BCUT2D eigenvalue weighted by atomic mass is 19.4. The van der Waals surface area contributed by atoms with Crippen LogP contribution in [0, 0.1) is 12.3 Å². The van der Waals surface area contributed by atoms with Gasteiger partial charge < -0.3 is 5.32 Å². The lowest BCUT2D eigenvalue weighted by atomic mass is 10.1. The number of hydrogen-bond donors (Lipinski definition) is 2. The fourth-order valence-electron chi connectivity index (χ4n) is 2.45. The van der Waals surface area contributed by atoms with Gasteiger partial charge in [0, 0.05) is 12.6 Å². The number of carbonyl (C=O) groups excluding carboxylic acids is 1. The maximum absolute atomic E-state index is 12.9. The molecule has 5 nitrogen and oxygen atoms in total. The van der Waals surface area contributed by atoms with Crippen molar-refractivity contribution in [3.8, 4) is 5.69 Å². The van der Waals surface area contributed by atoms with Gasteiger partial charge in [0.25, 0.3) is 11.5 Å². The molecule has 1 saturated carbocycles. The lowest BCUT2D eigenvalue weighted by molar-refractivity contribution is -0.184. The van der Waals surface area contributed by atoms with Crippen LogP contribution in [-0.4, -0.2) is 28.4 Å². The monoisotopic (exact) mass is 339 g/mol. The van der Waals surface area contributed by atoms with Crippen molar-refractivity contribution in [3.05, 3.63) is 51.9 Å². The van der Waals surface area contributed by atoms with E-state index in [1.165, 1.54) is 4.68 Å². The first-order chi connectivity index (χ1) is 11.2. The Morgan fingerprint density at radius 2 is 1.92 bits per heavy atom. The number of rotatable bonds is 4. The molecule has 1 aromatic carbocycles. The third-order valence-corrected chi connectivity index (χ3v) is 4.30. The molecule has 0 saturated heterocycles. The summed E-state index contributed by atoms with van der Waals surface area (Å²) < 4.78 is 39.7. The number of aryl methyl sites for hydroxylation is 1. The molecule has 1 aliphatic carbocycles. The van der Waals surface area contributed by atoms with E-state index in [4.69, 9.17) is 0 Å². The maximum atomic E-state index is 12.9. The number of nitrogens with zero attached hydrogens (tertiary/aromatic N) is 1. The lowest BCUT2D eigenvalue weighted by Gasteiger charge is -2.19. The molecule has 128 valence electrons. The van der Waals surface area contributed by atoms with E-state index in [1.807, 2.05) is 19.1 Å². The normalized spacial score (nSPS) is 16.0. The molecular weight excluding hydrogens is 323 g/mol. The van der Waals surface area contributed by atoms with Crippen molar-refractivity contribution in [2.45, 2.75) is 25.9 Å². The summed E-state index contributed by atoms with van der Waals surface area (Å²) in [6.07, 6.45) is -4.31. The first-order valence-corrected chi connectivity index (χ1v) is 7.46. The zero-order chi connectivity index (χ0) is 17.5. The van der Waals surface area contributed by atoms with Crippen LogP contribution in [0.3, 0.4) is 0 Å². The van der Waals surface area contributed by atoms with E-state index in [1.54, 1.807) is 12.1 Å². The number of nitrogens with one attached hydrogen (secondary N) is 2. The number of aromatic nitrogens is 2. The van der Waals surface area contributed by atoms with Gasteiger partial charge in [-0.15, -0.1) is 0 Å². The Bertz CT molecular complexity index is 814. The average Bonchev–Trinajstić information content (AvgIpc) is 3.22. The number of halogens is 3. The summed E-state index contributed by atoms with van der Waals surface area (Å²) >= 11 is 0. The summed E-state index contributed by atoms with van der Waals surface area (Å²) in [5.74, 6) is -0.728. The van der Waals surface area contributed by atoms with Crippen molar-refractivity contribution < 1.29 is 18.0 Å². The highest BCUT2D eigenvalue weighted by Gasteiger charge is 2.63. The molecule has 8 heteroatoms. The van der Waals surface area contributed by atoms with E-state index in [9.17, 15) is 22.8 Å². The van der Waals surface area contributed by atoms with Crippen molar-refractivity contribution in [1.29, 1.82) is 0 Å². The summed E-state index contributed by atoms with van der Waals surface area (Å²) in [6.45, 7) is 1.42. The zero-order valence-corrected chi connectivity index (χ0v) is 12.9. The van der Waals surface area contributed by atoms with Gasteiger partial charge in [0.15, 0.2) is 0 Å². The second kappa shape index (κ2) is 5.54. The Labute approximate surface area is 135 Å². The van der Waals surface area contributed by atoms with E-state index in [0.29, 0.717) is 5.69 Å². The number of H-pyrrole nitrogens is 1. The summed E-state index contributed by atoms with van der Waals surface area (Å²) in [7, 11) is 0. The second-order valence-electron chi connectivity index (χ2n) is 6.14. The molecule has 0 radical (unpaired) electrons. The molecule has 0 unspecified atom stereocenters. The van der Waals surface area contributed by atoms with Crippen LogP contribution in [0.1, 0.15) is 28.9 Å². The maximum Gasteiger partial charge on any atom is 0.396 e. The number of carbonyl (C=O) groups is 1. The molecule has 2 N–H and O–H groups in total. The summed E-state index contributed by atoms with van der Waals surface area (Å²) in [4.78, 5) is 24.0. The van der Waals surface area contributed by atoms with Crippen LogP contribution in [0.25, 0.3) is 5.69 Å². The van der Waals surface area contributed by atoms with Gasteiger partial charge in [0.1, 0.15) is 5.69 Å². The van der Waals surface area contributed by atoms with Crippen molar-refractivity contribution >= 4 is 5.91 Å². The summed E-state index contributed by atoms with van der Waals surface area (Å²) in [5, 5.41) is 4.89. The minimum Gasteiger partial charge on any atom is -0.350 e. The molecule has 3 rings (SSSR count). The van der Waals surface area contributed by atoms with Crippen LogP contribution >= 0.6 is 0 Å². The molecule has 0 aliphatic heterocycles. The highest BCUT2D eigenvalue weighted by molar-refractivity contribution is 5.92. The number of alkyl halides is 3. The van der Waals surface area contributed by atoms with Crippen LogP contribution in [0.4, 0.5) is 13.2 Å². The molecule has 0 atom stereocenters. The van der Waals surface area contributed by atoms with Crippen molar-refractivity contribution in [2.75, 3.05) is 6.54 Å². The first-order valence-electron chi connectivity index (χ1n) is 7.46. The molecule has 24 heavy (non-hydrogen) atoms. The first kappa shape index (κ1) is 16.4. The second-order valence-corrected chi connectivity index (χ2v) is 6.14. The van der Waals surface area contributed by atoms with Crippen LogP contribution in [0.15, 0.2) is 35.1 Å². The summed E-state index contributed by atoms with van der Waals surface area (Å²) in [6, 6.07) is 8.10. The molecule has 1 aliphatic rings. The van der Waals surface area contributed by atoms with Gasteiger partial charge in [0.05, 0.1) is 11.1 Å². The predicted molar refractivity (Wildman–Crippen MR) is 81.2 cm³/mol. The number of aromatic amines is 1. The number of benzene rings is 1. The standard InChI is InChI=1S/C16H16F3N3O2/c1-10-2-4-11(5-3-10)22-13(23)8-12(21-22)14(24)20-9-15(6-7-15)16(17,18)19/h2-5,8,21H,6-7,9H2,1H3,(H,20,24). The predicted octanol–water partition coefficient (Wildman–Crippen LogP) is 2.55. The molecule has 1 amide bonds. The quantitative estimate of drug-likeness (QED) is 0.899. The Kier molecular flexibility index (Phi) is 3.77. The molecule has 1 fully saturated rings. The lowest BCUT2D eigenvalue weighted by Crippen LogP contribution is -2.38. The van der Waals surface area contributed by atoms with Crippen LogP contribution in [-0.2, 0) is 0 Å². The van der Waals surface area contributed by atoms with E-state index >= 15 is 0 Å². The Hall–Kier alpha value is -2.51. The van der Waals surface area contributed by atoms with Gasteiger partial charge in [-0.3, -0.25) is 14.7 Å². The van der Waals surface area contributed by atoms with Gasteiger partial charge >= 0.3 is 6.18 Å². The van der Waals surface area contributed by atoms with E-state index in [-0.39, 0.29) is 18.5 Å². The third kappa shape index (κ3) is 2.95. The van der Waals surface area contributed by atoms with E-state index in [2.05, 4.69) is 10.4 Å². The fourth-order valence-corrected chi connectivity index (χ4v) is 2.45. The van der Waals surface area contributed by atoms with Gasteiger partial charge in [-0.25, -0.2) is 4.68 Å². The Balaban J connectivity index is 1.74. The van der Waals surface area contributed by atoms with Gasteiger partial charge in [0.2, 0.25) is 0 Å². The Morgan fingerprint density at radius 1 is 1.29 bits per heavy atom. The van der Waals surface area contributed by atoms with Crippen LogP contribution < -0.4 is 10.9 Å². The molecule has 1 aromatic heterocycles. The largest absolute Gasteiger partial charge is 0.396 e. The van der Waals surface area contributed by atoms with Crippen molar-refractivity contribution in [1.82, 2.24) is 15.1 Å².